The van der Waals surface area contributed by atoms with Gasteiger partial charge in [-0.15, -0.1) is 0 Å². The molecule has 0 aromatic heterocycles. The average molecular weight is 327 g/mol. The smallest absolute Gasteiger partial charge is 0.272 e. The van der Waals surface area contributed by atoms with Gasteiger partial charge in [-0.2, -0.15) is 0 Å². The summed E-state index contributed by atoms with van der Waals surface area (Å²) in [5, 5.41) is 13.9. The second kappa shape index (κ2) is 6.76. The molecule has 0 aliphatic carbocycles. The lowest BCUT2D eigenvalue weighted by Crippen LogP contribution is -2.04. The summed E-state index contributed by atoms with van der Waals surface area (Å²) in [5.41, 5.74) is 0.924. The van der Waals surface area contributed by atoms with Crippen molar-refractivity contribution in [1.29, 1.82) is 0 Å². The van der Waals surface area contributed by atoms with Gasteiger partial charge in [0.05, 0.1) is 15.0 Å². The molecule has 0 heterocycles. The Labute approximate surface area is 131 Å². The number of ether oxygens (including phenoxy) is 1. The number of non-ortho nitro benzene ring substituents is 1. The number of hydrogen-bond donors (Lipinski definition) is 1. The number of nitro benzene ring substituents is 1. The van der Waals surface area contributed by atoms with Gasteiger partial charge in [0.1, 0.15) is 5.75 Å². The molecule has 0 aliphatic rings. The Hall–Kier alpha value is -1.82. The first-order valence-corrected chi connectivity index (χ1v) is 6.81. The number of rotatable bonds is 5. The Bertz CT molecular complexity index is 637. The third-order valence-corrected chi connectivity index (χ3v) is 3.28. The number of hydrogen-bond acceptors (Lipinski definition) is 4. The van der Waals surface area contributed by atoms with Gasteiger partial charge >= 0.3 is 0 Å². The minimum Gasteiger partial charge on any atom is -0.454 e. The molecule has 0 fully saturated rings. The molecule has 2 aromatic carbocycles. The molecule has 0 saturated heterocycles. The first-order valence-electron chi connectivity index (χ1n) is 6.06. The van der Waals surface area contributed by atoms with E-state index in [1.807, 2.05) is 19.2 Å². The van der Waals surface area contributed by atoms with Gasteiger partial charge in [0.25, 0.3) is 5.69 Å². The average Bonchev–Trinajstić information content (AvgIpc) is 2.44. The molecule has 0 unspecified atom stereocenters. The molecule has 2 aromatic rings. The van der Waals surface area contributed by atoms with Crippen LogP contribution in [0.15, 0.2) is 36.4 Å². The summed E-state index contributed by atoms with van der Waals surface area (Å²) < 4.78 is 5.60. The fourth-order valence-electron chi connectivity index (χ4n) is 1.75. The molecule has 21 heavy (non-hydrogen) atoms. The van der Waals surface area contributed by atoms with Crippen molar-refractivity contribution in [1.82, 2.24) is 5.32 Å². The van der Waals surface area contributed by atoms with Crippen LogP contribution in [-0.4, -0.2) is 12.0 Å². The minimum absolute atomic E-state index is 0.0912. The second-order valence-electron chi connectivity index (χ2n) is 4.27. The standard InChI is InChI=1S/C14H12Cl2N2O3/c1-17-8-9-2-4-11(5-3-9)21-14-12(15)6-10(18(19)20)7-13(14)16/h2-7,17H,8H2,1H3. The Morgan fingerprint density at radius 1 is 1.19 bits per heavy atom. The third-order valence-electron chi connectivity index (χ3n) is 2.72. The van der Waals surface area contributed by atoms with E-state index in [4.69, 9.17) is 27.9 Å². The van der Waals surface area contributed by atoms with E-state index in [9.17, 15) is 10.1 Å². The van der Waals surface area contributed by atoms with Crippen molar-refractivity contribution in [3.63, 3.8) is 0 Å². The van der Waals surface area contributed by atoms with Crippen LogP contribution in [0.25, 0.3) is 0 Å². The SMILES string of the molecule is CNCc1ccc(Oc2c(Cl)cc([N+](=O)[O-])cc2Cl)cc1. The van der Waals surface area contributed by atoms with Crippen LogP contribution in [0.5, 0.6) is 11.5 Å². The van der Waals surface area contributed by atoms with Crippen LogP contribution in [0.4, 0.5) is 5.69 Å². The maximum absolute atomic E-state index is 10.7. The summed E-state index contributed by atoms with van der Waals surface area (Å²) in [6.45, 7) is 0.749. The molecule has 110 valence electrons. The lowest BCUT2D eigenvalue weighted by molar-refractivity contribution is -0.384. The largest absolute Gasteiger partial charge is 0.454 e. The van der Waals surface area contributed by atoms with Gasteiger partial charge in [-0.25, -0.2) is 0 Å². The second-order valence-corrected chi connectivity index (χ2v) is 5.09. The fourth-order valence-corrected chi connectivity index (χ4v) is 2.30. The van der Waals surface area contributed by atoms with E-state index in [-0.39, 0.29) is 21.5 Å². The zero-order chi connectivity index (χ0) is 15.4. The first kappa shape index (κ1) is 15.6. The van der Waals surface area contributed by atoms with Crippen molar-refractivity contribution in [3.8, 4) is 11.5 Å². The molecule has 0 saturated carbocycles. The van der Waals surface area contributed by atoms with Gasteiger partial charge in [0.2, 0.25) is 0 Å². The summed E-state index contributed by atoms with van der Waals surface area (Å²) in [5.74, 6) is 0.748. The van der Waals surface area contributed by atoms with Crippen molar-refractivity contribution in [2.75, 3.05) is 7.05 Å². The van der Waals surface area contributed by atoms with Crippen molar-refractivity contribution in [2.24, 2.45) is 0 Å². The predicted octanol–water partition coefficient (Wildman–Crippen LogP) is 4.41. The number of nitrogens with one attached hydrogen (secondary N) is 1. The van der Waals surface area contributed by atoms with E-state index in [1.54, 1.807) is 12.1 Å². The maximum Gasteiger partial charge on any atom is 0.272 e. The summed E-state index contributed by atoms with van der Waals surface area (Å²) in [4.78, 5) is 10.2. The van der Waals surface area contributed by atoms with Crippen molar-refractivity contribution in [2.45, 2.75) is 6.54 Å². The molecule has 0 atom stereocenters. The zero-order valence-electron chi connectivity index (χ0n) is 11.1. The van der Waals surface area contributed by atoms with Crippen LogP contribution in [0.3, 0.4) is 0 Å². The molecule has 0 spiro atoms. The van der Waals surface area contributed by atoms with Crippen LogP contribution in [0.1, 0.15) is 5.56 Å². The minimum atomic E-state index is -0.561. The van der Waals surface area contributed by atoms with Crippen LogP contribution < -0.4 is 10.1 Å². The van der Waals surface area contributed by atoms with E-state index >= 15 is 0 Å². The normalized spacial score (nSPS) is 10.4. The van der Waals surface area contributed by atoms with Crippen LogP contribution in [0.2, 0.25) is 10.0 Å². The molecule has 0 radical (unpaired) electrons. The highest BCUT2D eigenvalue weighted by Gasteiger charge is 2.16. The van der Waals surface area contributed by atoms with Crippen LogP contribution in [0, 0.1) is 10.1 Å². The van der Waals surface area contributed by atoms with Gasteiger partial charge in [0, 0.05) is 18.7 Å². The third kappa shape index (κ3) is 3.85. The highest BCUT2D eigenvalue weighted by Crippen LogP contribution is 2.39. The van der Waals surface area contributed by atoms with Crippen molar-refractivity contribution in [3.05, 3.63) is 62.1 Å². The quantitative estimate of drug-likeness (QED) is 0.652. The summed E-state index contributed by atoms with van der Waals surface area (Å²) in [6.07, 6.45) is 0. The number of halogens is 2. The molecule has 0 amide bonds. The Kier molecular flexibility index (Phi) is 5.01. The molecular weight excluding hydrogens is 315 g/mol. The van der Waals surface area contributed by atoms with E-state index in [0.717, 1.165) is 12.1 Å². The highest BCUT2D eigenvalue weighted by atomic mass is 35.5. The van der Waals surface area contributed by atoms with Crippen molar-refractivity contribution < 1.29 is 9.66 Å². The van der Waals surface area contributed by atoms with Gasteiger partial charge < -0.3 is 10.1 Å². The lowest BCUT2D eigenvalue weighted by atomic mass is 10.2. The van der Waals surface area contributed by atoms with Gasteiger partial charge in [0.15, 0.2) is 5.75 Å². The van der Waals surface area contributed by atoms with E-state index in [2.05, 4.69) is 5.32 Å². The Morgan fingerprint density at radius 2 is 1.76 bits per heavy atom. The summed E-state index contributed by atoms with van der Waals surface area (Å²) >= 11 is 12.0. The Morgan fingerprint density at radius 3 is 2.24 bits per heavy atom. The zero-order valence-corrected chi connectivity index (χ0v) is 12.6. The highest BCUT2D eigenvalue weighted by molar-refractivity contribution is 6.37. The fraction of sp³-hybridized carbons (Fsp3) is 0.143. The molecule has 5 nitrogen and oxygen atoms in total. The monoisotopic (exact) mass is 326 g/mol. The van der Waals surface area contributed by atoms with Crippen LogP contribution >= 0.6 is 23.2 Å². The maximum atomic E-state index is 10.7. The molecule has 0 bridgehead atoms. The molecule has 2 rings (SSSR count). The van der Waals surface area contributed by atoms with E-state index < -0.39 is 4.92 Å². The number of nitrogens with zero attached hydrogens (tertiary/aromatic N) is 1. The lowest BCUT2D eigenvalue weighted by Gasteiger charge is -2.10. The van der Waals surface area contributed by atoms with Gasteiger partial charge in [-0.1, -0.05) is 35.3 Å². The predicted molar refractivity (Wildman–Crippen MR) is 82.4 cm³/mol. The molecule has 7 heteroatoms. The van der Waals surface area contributed by atoms with Crippen LogP contribution in [-0.2, 0) is 6.54 Å². The molecule has 1 N–H and O–H groups in total. The van der Waals surface area contributed by atoms with Gasteiger partial charge in [-0.3, -0.25) is 10.1 Å². The number of nitro groups is 1. The van der Waals surface area contributed by atoms with E-state index in [1.165, 1.54) is 12.1 Å². The molecule has 0 aliphatic heterocycles. The number of benzene rings is 2. The summed E-state index contributed by atoms with van der Waals surface area (Å²) in [7, 11) is 1.86. The Balaban J connectivity index is 2.25. The van der Waals surface area contributed by atoms with Gasteiger partial charge in [-0.05, 0) is 24.7 Å². The molecular formula is C14H12Cl2N2O3. The first-order chi connectivity index (χ1) is 10.0. The van der Waals surface area contributed by atoms with Crippen molar-refractivity contribution >= 4 is 28.9 Å². The topological polar surface area (TPSA) is 64.4 Å². The summed E-state index contributed by atoms with van der Waals surface area (Å²) in [6, 6.07) is 9.77. The van der Waals surface area contributed by atoms with E-state index in [0.29, 0.717) is 5.75 Å².